The summed E-state index contributed by atoms with van der Waals surface area (Å²) < 4.78 is 94.9. The first kappa shape index (κ1) is 38.2. The average Bonchev–Trinajstić information content (AvgIpc) is 3.12. The maximum Gasteiger partial charge on any atom is 0.264 e. The van der Waals surface area contributed by atoms with Gasteiger partial charge in [-0.25, -0.2) is 25.6 Å². The first-order chi connectivity index (χ1) is 24.7. The second-order valence-electron chi connectivity index (χ2n) is 12.1. The lowest BCUT2D eigenvalue weighted by molar-refractivity contribution is 0.113. The van der Waals surface area contributed by atoms with Gasteiger partial charge in [0.1, 0.15) is 48.6 Å². The summed E-state index contributed by atoms with van der Waals surface area (Å²) in [6.45, 7) is 2.32. The van der Waals surface area contributed by atoms with E-state index in [1.165, 1.54) is 48.5 Å². The largest absolute Gasteiger partial charge is 0.491 e. The van der Waals surface area contributed by atoms with E-state index in [1.54, 1.807) is 48.5 Å². The van der Waals surface area contributed by atoms with Crippen molar-refractivity contribution in [1.29, 1.82) is 0 Å². The van der Waals surface area contributed by atoms with Gasteiger partial charge in [-0.15, -0.1) is 0 Å². The van der Waals surface area contributed by atoms with Gasteiger partial charge in [0.25, 0.3) is 20.0 Å². The molecule has 0 aliphatic rings. The van der Waals surface area contributed by atoms with E-state index in [0.29, 0.717) is 11.5 Å². The molecule has 0 fully saturated rings. The topological polar surface area (TPSA) is 134 Å². The Bertz CT molecular complexity index is 1980. The molecule has 0 amide bonds. The lowest BCUT2D eigenvalue weighted by Crippen LogP contribution is -2.40. The predicted molar refractivity (Wildman–Crippen MR) is 194 cm³/mol. The molecule has 5 rings (SSSR count). The summed E-state index contributed by atoms with van der Waals surface area (Å²) in [4.78, 5) is 0.0135. The number of sulfonamides is 2. The van der Waals surface area contributed by atoms with Crippen LogP contribution in [0.3, 0.4) is 0 Å². The molecule has 274 valence electrons. The number of nitrogens with zero attached hydrogens (tertiary/aromatic N) is 2. The molecule has 2 atom stereocenters. The van der Waals surface area contributed by atoms with Crippen molar-refractivity contribution in [2.24, 2.45) is 0 Å². The molecule has 0 saturated carbocycles. The van der Waals surface area contributed by atoms with Gasteiger partial charge in [0.2, 0.25) is 0 Å². The van der Waals surface area contributed by atoms with E-state index in [2.05, 4.69) is 0 Å². The van der Waals surface area contributed by atoms with Crippen molar-refractivity contribution in [3.05, 3.63) is 144 Å². The van der Waals surface area contributed by atoms with Gasteiger partial charge >= 0.3 is 0 Å². The third-order valence-corrected chi connectivity index (χ3v) is 11.5. The van der Waals surface area contributed by atoms with Crippen molar-refractivity contribution >= 4 is 31.4 Å². The Morgan fingerprint density at radius 3 is 1.13 bits per heavy atom. The van der Waals surface area contributed by atoms with Crippen molar-refractivity contribution in [3.63, 3.8) is 0 Å². The summed E-state index contributed by atoms with van der Waals surface area (Å²) in [5.74, 6) is -0.428. The molecule has 0 radical (unpaired) electrons. The van der Waals surface area contributed by atoms with E-state index in [4.69, 9.17) is 9.47 Å². The van der Waals surface area contributed by atoms with Gasteiger partial charge < -0.3 is 19.7 Å². The lowest BCUT2D eigenvalue weighted by atomic mass is 10.2. The Hall–Kier alpha value is -5.02. The fraction of sp³-hybridized carbons (Fsp3) is 0.211. The van der Waals surface area contributed by atoms with Crippen molar-refractivity contribution < 1.29 is 45.3 Å². The Morgan fingerprint density at radius 2 is 0.827 bits per heavy atom. The summed E-state index contributed by atoms with van der Waals surface area (Å²) in [6.07, 6.45) is -2.56. The highest BCUT2D eigenvalue weighted by Gasteiger charge is 2.29. The summed E-state index contributed by atoms with van der Waals surface area (Å²) >= 11 is 0. The van der Waals surface area contributed by atoms with E-state index in [9.17, 15) is 35.8 Å². The summed E-state index contributed by atoms with van der Waals surface area (Å²) in [7, 11) is -8.25. The third-order valence-electron chi connectivity index (χ3n) is 7.91. The number of anilines is 2. The van der Waals surface area contributed by atoms with Crippen LogP contribution in [0, 0.1) is 25.5 Å². The van der Waals surface area contributed by atoms with Gasteiger partial charge in [-0.2, -0.15) is 0 Å². The SMILES string of the molecule is Cc1ccc(S(=O)(=O)N(CC(O)COc2ccc(OCC(O)CN(c3ccc(F)cc3)S(=O)(=O)c3ccc(C)cc3)cc2)c2ccc(F)cc2)cc1. The van der Waals surface area contributed by atoms with E-state index in [1.807, 2.05) is 13.8 Å². The zero-order valence-corrected chi connectivity index (χ0v) is 30.0. The van der Waals surface area contributed by atoms with Crippen molar-refractivity contribution in [3.8, 4) is 11.5 Å². The van der Waals surface area contributed by atoms with Crippen LogP contribution in [0.15, 0.2) is 131 Å². The highest BCUT2D eigenvalue weighted by atomic mass is 32.2. The molecule has 10 nitrogen and oxygen atoms in total. The molecular formula is C38H38F2N2O8S2. The number of aryl methyl sites for hydroxylation is 2. The molecule has 2 unspecified atom stereocenters. The number of ether oxygens (including phenoxy) is 2. The van der Waals surface area contributed by atoms with Gasteiger partial charge in [0, 0.05) is 0 Å². The monoisotopic (exact) mass is 752 g/mol. The maximum atomic E-state index is 13.6. The van der Waals surface area contributed by atoms with Crippen LogP contribution in [0.5, 0.6) is 11.5 Å². The van der Waals surface area contributed by atoms with Crippen LogP contribution in [0.2, 0.25) is 0 Å². The van der Waals surface area contributed by atoms with Crippen molar-refractivity contribution in [1.82, 2.24) is 0 Å². The average molecular weight is 753 g/mol. The summed E-state index contributed by atoms with van der Waals surface area (Å²) in [6, 6.07) is 28.4. The zero-order chi connectivity index (χ0) is 37.5. The quantitative estimate of drug-likeness (QED) is 0.128. The highest BCUT2D eigenvalue weighted by molar-refractivity contribution is 7.93. The fourth-order valence-electron chi connectivity index (χ4n) is 5.08. The Labute approximate surface area is 302 Å². The lowest BCUT2D eigenvalue weighted by Gasteiger charge is -2.27. The summed E-state index contributed by atoms with van der Waals surface area (Å²) in [5, 5.41) is 21.7. The molecule has 5 aromatic carbocycles. The van der Waals surface area contributed by atoms with Gasteiger partial charge in [0.05, 0.1) is 34.3 Å². The molecule has 0 spiro atoms. The zero-order valence-electron chi connectivity index (χ0n) is 28.3. The Balaban J connectivity index is 1.20. The molecule has 14 heteroatoms. The standard InChI is InChI=1S/C38H38F2N2O8S2/c1-27-3-19-37(20-4-27)51(45,46)41(31-11-7-29(39)8-12-31)23-33(43)25-49-35-15-17-36(18-16-35)50-26-34(44)24-42(32-13-9-30(40)10-14-32)52(47,48)38-21-5-28(2)6-22-38/h3-22,33-34,43-44H,23-26H2,1-2H3. The second-order valence-corrected chi connectivity index (χ2v) is 15.8. The van der Waals surface area contributed by atoms with Crippen molar-refractivity contribution in [2.75, 3.05) is 34.9 Å². The van der Waals surface area contributed by atoms with Gasteiger partial charge in [-0.1, -0.05) is 35.4 Å². The van der Waals surface area contributed by atoms with Crippen LogP contribution in [-0.2, 0) is 20.0 Å². The van der Waals surface area contributed by atoms with Crippen LogP contribution in [0.4, 0.5) is 20.2 Å². The number of halogens is 2. The first-order valence-corrected chi connectivity index (χ1v) is 19.0. The number of aliphatic hydroxyl groups is 2. The minimum absolute atomic E-state index is 0.00676. The van der Waals surface area contributed by atoms with E-state index in [0.717, 1.165) is 44.0 Å². The molecule has 0 aliphatic heterocycles. The van der Waals surface area contributed by atoms with Gasteiger partial charge in [-0.05, 0) is 111 Å². The van der Waals surface area contributed by atoms with Gasteiger partial charge in [0.15, 0.2) is 0 Å². The third kappa shape index (κ3) is 9.64. The van der Waals surface area contributed by atoms with Crippen LogP contribution in [0.25, 0.3) is 0 Å². The van der Waals surface area contributed by atoms with E-state index in [-0.39, 0.29) is 47.5 Å². The normalized spacial score (nSPS) is 12.9. The van der Waals surface area contributed by atoms with Crippen LogP contribution >= 0.6 is 0 Å². The molecule has 2 N–H and O–H groups in total. The number of hydrogen-bond acceptors (Lipinski definition) is 8. The van der Waals surface area contributed by atoms with Crippen LogP contribution in [0.1, 0.15) is 11.1 Å². The predicted octanol–water partition coefficient (Wildman–Crippen LogP) is 5.85. The molecule has 0 heterocycles. The smallest absolute Gasteiger partial charge is 0.264 e. The molecular weight excluding hydrogens is 715 g/mol. The second kappa shape index (κ2) is 16.5. The number of benzene rings is 5. The minimum Gasteiger partial charge on any atom is -0.491 e. The fourth-order valence-corrected chi connectivity index (χ4v) is 8.08. The molecule has 5 aromatic rings. The molecule has 0 saturated heterocycles. The Kier molecular flexibility index (Phi) is 12.2. The molecule has 52 heavy (non-hydrogen) atoms. The molecule has 0 bridgehead atoms. The van der Waals surface area contributed by atoms with Crippen LogP contribution < -0.4 is 18.1 Å². The number of rotatable bonds is 16. The van der Waals surface area contributed by atoms with Crippen molar-refractivity contribution in [2.45, 2.75) is 35.8 Å². The van der Waals surface area contributed by atoms with Crippen LogP contribution in [-0.4, -0.2) is 65.6 Å². The highest BCUT2D eigenvalue weighted by Crippen LogP contribution is 2.27. The summed E-state index contributed by atoms with van der Waals surface area (Å²) in [5.41, 5.74) is 2.06. The first-order valence-electron chi connectivity index (χ1n) is 16.1. The minimum atomic E-state index is -4.12. The van der Waals surface area contributed by atoms with E-state index < -0.39 is 43.9 Å². The maximum absolute atomic E-state index is 13.6. The molecule has 0 aliphatic carbocycles. The Morgan fingerprint density at radius 1 is 0.519 bits per heavy atom. The number of aliphatic hydroxyl groups excluding tert-OH is 2. The number of hydrogen-bond donors (Lipinski definition) is 2. The molecule has 0 aromatic heterocycles. The van der Waals surface area contributed by atoms with Gasteiger partial charge in [-0.3, -0.25) is 8.61 Å². The van der Waals surface area contributed by atoms with E-state index >= 15 is 0 Å².